The average molecular weight is 271 g/mol. The number of benzene rings is 1. The van der Waals surface area contributed by atoms with E-state index in [1.807, 2.05) is 0 Å². The Labute approximate surface area is 109 Å². The fourth-order valence-corrected chi connectivity index (χ4v) is 1.96. The van der Waals surface area contributed by atoms with Gasteiger partial charge in [0.2, 0.25) is 5.91 Å². The third-order valence-electron chi connectivity index (χ3n) is 2.21. The molecule has 6 heteroatoms. The molecule has 1 aromatic rings. The van der Waals surface area contributed by atoms with E-state index in [1.165, 1.54) is 6.07 Å². The minimum absolute atomic E-state index is 0.0467. The van der Waals surface area contributed by atoms with Gasteiger partial charge in [-0.25, -0.2) is 4.39 Å². The van der Waals surface area contributed by atoms with Crippen LogP contribution in [0, 0.1) is 5.82 Å². The molecule has 18 heavy (non-hydrogen) atoms. The van der Waals surface area contributed by atoms with Gasteiger partial charge in [-0.05, 0) is 13.0 Å². The Bertz CT molecular complexity index is 439. The molecule has 1 amide bonds. The molecule has 98 valence electrons. The Morgan fingerprint density at radius 3 is 2.67 bits per heavy atom. The highest BCUT2D eigenvalue weighted by atomic mass is 32.2. The van der Waals surface area contributed by atoms with Crippen molar-refractivity contribution >= 4 is 23.6 Å². The lowest BCUT2D eigenvalue weighted by Crippen LogP contribution is -2.29. The molecule has 0 aliphatic rings. The first-order valence-electron chi connectivity index (χ1n) is 5.34. The smallest absolute Gasteiger partial charge is 0.313 e. The van der Waals surface area contributed by atoms with Crippen LogP contribution in [-0.2, 0) is 9.59 Å². The Morgan fingerprint density at radius 1 is 1.39 bits per heavy atom. The molecule has 0 saturated heterocycles. The van der Waals surface area contributed by atoms with E-state index in [9.17, 15) is 14.0 Å². The molecule has 1 rings (SSSR count). The highest BCUT2D eigenvalue weighted by Gasteiger charge is 2.13. The lowest BCUT2D eigenvalue weighted by Gasteiger charge is -2.14. The number of halogens is 1. The van der Waals surface area contributed by atoms with Crippen molar-refractivity contribution in [3.8, 4) is 0 Å². The fraction of sp³-hybridized carbons (Fsp3) is 0.333. The van der Waals surface area contributed by atoms with Crippen LogP contribution in [0.15, 0.2) is 24.3 Å². The number of carboxylic acid groups (broad SMARTS) is 1. The van der Waals surface area contributed by atoms with Crippen molar-refractivity contribution < 1.29 is 19.1 Å². The van der Waals surface area contributed by atoms with Gasteiger partial charge in [0.05, 0.1) is 17.5 Å². The summed E-state index contributed by atoms with van der Waals surface area (Å²) >= 11 is 1.01. The van der Waals surface area contributed by atoms with Gasteiger partial charge in [-0.1, -0.05) is 18.2 Å². The zero-order valence-corrected chi connectivity index (χ0v) is 10.7. The standard InChI is InChI=1S/C12H14FNO3S/c1-8(9-4-2-3-5-10(9)13)14-11(15)6-18-7-12(16)17/h2-5,8H,6-7H2,1H3,(H,14,15)(H,16,17). The van der Waals surface area contributed by atoms with E-state index in [0.29, 0.717) is 5.56 Å². The molecule has 2 N–H and O–H groups in total. The van der Waals surface area contributed by atoms with Gasteiger partial charge in [-0.2, -0.15) is 0 Å². The van der Waals surface area contributed by atoms with Crippen LogP contribution in [0.2, 0.25) is 0 Å². The molecular formula is C12H14FNO3S. The number of carbonyl (C=O) groups excluding carboxylic acids is 1. The maximum atomic E-state index is 13.4. The summed E-state index contributed by atoms with van der Waals surface area (Å²) in [5.41, 5.74) is 0.411. The van der Waals surface area contributed by atoms with Crippen LogP contribution in [0.3, 0.4) is 0 Å². The third-order valence-corrected chi connectivity index (χ3v) is 3.13. The molecule has 0 bridgehead atoms. The van der Waals surface area contributed by atoms with Crippen molar-refractivity contribution in [1.29, 1.82) is 0 Å². The predicted molar refractivity (Wildman–Crippen MR) is 67.9 cm³/mol. The molecule has 4 nitrogen and oxygen atoms in total. The van der Waals surface area contributed by atoms with Gasteiger partial charge in [0.15, 0.2) is 0 Å². The minimum atomic E-state index is -0.963. The van der Waals surface area contributed by atoms with E-state index in [4.69, 9.17) is 5.11 Å². The number of nitrogens with one attached hydrogen (secondary N) is 1. The van der Waals surface area contributed by atoms with E-state index in [-0.39, 0.29) is 23.2 Å². The van der Waals surface area contributed by atoms with Crippen LogP contribution in [-0.4, -0.2) is 28.5 Å². The first kappa shape index (κ1) is 14.5. The van der Waals surface area contributed by atoms with Crippen LogP contribution in [0.25, 0.3) is 0 Å². The second kappa shape index (κ2) is 7.00. The highest BCUT2D eigenvalue weighted by molar-refractivity contribution is 8.00. The monoisotopic (exact) mass is 271 g/mol. The molecule has 0 heterocycles. The van der Waals surface area contributed by atoms with Crippen molar-refractivity contribution in [1.82, 2.24) is 5.32 Å². The number of rotatable bonds is 6. The molecule has 0 aromatic heterocycles. The number of thioether (sulfide) groups is 1. The normalized spacial score (nSPS) is 11.9. The number of carbonyl (C=O) groups is 2. The van der Waals surface area contributed by atoms with E-state index in [2.05, 4.69) is 5.32 Å². The Balaban J connectivity index is 2.45. The summed E-state index contributed by atoms with van der Waals surface area (Å²) in [6.07, 6.45) is 0. The number of hydrogen-bond acceptors (Lipinski definition) is 3. The molecular weight excluding hydrogens is 257 g/mol. The first-order valence-corrected chi connectivity index (χ1v) is 6.49. The predicted octanol–water partition coefficient (Wildman–Crippen LogP) is 1.82. The SMILES string of the molecule is CC(NC(=O)CSCC(=O)O)c1ccccc1F. The van der Waals surface area contributed by atoms with E-state index >= 15 is 0 Å². The van der Waals surface area contributed by atoms with Gasteiger partial charge in [0.25, 0.3) is 0 Å². The third kappa shape index (κ3) is 4.75. The highest BCUT2D eigenvalue weighted by Crippen LogP contribution is 2.16. The molecule has 1 aromatic carbocycles. The number of amides is 1. The van der Waals surface area contributed by atoms with Gasteiger partial charge in [0, 0.05) is 5.56 Å². The van der Waals surface area contributed by atoms with Gasteiger partial charge in [-0.3, -0.25) is 9.59 Å². The zero-order chi connectivity index (χ0) is 13.5. The second-order valence-corrected chi connectivity index (χ2v) is 4.68. The number of aliphatic carboxylic acids is 1. The largest absolute Gasteiger partial charge is 0.481 e. The molecule has 0 aliphatic heterocycles. The molecule has 0 fully saturated rings. The molecule has 1 atom stereocenters. The number of hydrogen-bond donors (Lipinski definition) is 2. The average Bonchev–Trinajstić information content (AvgIpc) is 2.28. The van der Waals surface area contributed by atoms with E-state index in [0.717, 1.165) is 11.8 Å². The lowest BCUT2D eigenvalue weighted by atomic mass is 10.1. The van der Waals surface area contributed by atoms with Crippen LogP contribution in [0.5, 0.6) is 0 Å². The second-order valence-electron chi connectivity index (χ2n) is 3.70. The van der Waals surface area contributed by atoms with Gasteiger partial charge in [0.1, 0.15) is 5.82 Å². The summed E-state index contributed by atoms with van der Waals surface area (Å²) < 4.78 is 13.4. The summed E-state index contributed by atoms with van der Waals surface area (Å²) in [6, 6.07) is 5.77. The fourth-order valence-electron chi connectivity index (χ4n) is 1.42. The minimum Gasteiger partial charge on any atom is -0.481 e. The summed E-state index contributed by atoms with van der Waals surface area (Å²) in [6.45, 7) is 1.68. The van der Waals surface area contributed by atoms with Crippen molar-refractivity contribution in [3.05, 3.63) is 35.6 Å². The Kier molecular flexibility index (Phi) is 5.64. The van der Waals surface area contributed by atoms with Crippen LogP contribution in [0.1, 0.15) is 18.5 Å². The van der Waals surface area contributed by atoms with Gasteiger partial charge >= 0.3 is 5.97 Å². The molecule has 0 spiro atoms. The van der Waals surface area contributed by atoms with E-state index < -0.39 is 12.0 Å². The molecule has 0 radical (unpaired) electrons. The molecule has 0 aliphatic carbocycles. The lowest BCUT2D eigenvalue weighted by molar-refractivity contribution is -0.133. The van der Waals surface area contributed by atoms with Crippen LogP contribution >= 0.6 is 11.8 Å². The van der Waals surface area contributed by atoms with Crippen LogP contribution in [0.4, 0.5) is 4.39 Å². The van der Waals surface area contributed by atoms with E-state index in [1.54, 1.807) is 25.1 Å². The van der Waals surface area contributed by atoms with Gasteiger partial charge in [-0.15, -0.1) is 11.8 Å². The van der Waals surface area contributed by atoms with Crippen molar-refractivity contribution in [2.24, 2.45) is 0 Å². The topological polar surface area (TPSA) is 66.4 Å². The summed E-state index contributed by atoms with van der Waals surface area (Å²) in [5.74, 6) is -1.72. The maximum absolute atomic E-state index is 13.4. The van der Waals surface area contributed by atoms with Crippen molar-refractivity contribution in [2.45, 2.75) is 13.0 Å². The van der Waals surface area contributed by atoms with Crippen molar-refractivity contribution in [3.63, 3.8) is 0 Å². The molecule has 1 unspecified atom stereocenters. The Morgan fingerprint density at radius 2 is 2.06 bits per heavy atom. The quantitative estimate of drug-likeness (QED) is 0.828. The zero-order valence-electron chi connectivity index (χ0n) is 9.85. The first-order chi connectivity index (χ1) is 8.50. The molecule has 0 saturated carbocycles. The Hall–Kier alpha value is -1.56. The van der Waals surface area contributed by atoms with Crippen LogP contribution < -0.4 is 5.32 Å². The summed E-state index contributed by atoms with van der Waals surface area (Å²) in [4.78, 5) is 21.7. The maximum Gasteiger partial charge on any atom is 0.313 e. The van der Waals surface area contributed by atoms with Crippen molar-refractivity contribution in [2.75, 3.05) is 11.5 Å². The van der Waals surface area contributed by atoms with Gasteiger partial charge < -0.3 is 10.4 Å². The summed E-state index contributed by atoms with van der Waals surface area (Å²) in [5, 5.41) is 11.0. The number of carboxylic acids is 1. The summed E-state index contributed by atoms with van der Waals surface area (Å²) in [7, 11) is 0.